The Balaban J connectivity index is 1.83. The first-order valence-corrected chi connectivity index (χ1v) is 7.38. The predicted molar refractivity (Wildman–Crippen MR) is 79.9 cm³/mol. The van der Waals surface area contributed by atoms with Gasteiger partial charge in [0.05, 0.1) is 6.54 Å². The molecule has 3 heterocycles. The molecule has 1 aliphatic rings. The van der Waals surface area contributed by atoms with E-state index in [0.29, 0.717) is 0 Å². The third-order valence-electron chi connectivity index (χ3n) is 4.14. The van der Waals surface area contributed by atoms with Crippen molar-refractivity contribution in [3.05, 3.63) is 53.5 Å². The van der Waals surface area contributed by atoms with Crippen LogP contribution in [0, 0.1) is 0 Å². The normalized spacial score (nSPS) is 13.6. The molecule has 0 unspecified atom stereocenters. The Morgan fingerprint density at radius 1 is 1.05 bits per heavy atom. The molecule has 0 radical (unpaired) electrons. The minimum atomic E-state index is 0.834. The molecule has 2 aromatic heterocycles. The second-order valence-electron chi connectivity index (χ2n) is 5.33. The second-order valence-corrected chi connectivity index (χ2v) is 5.33. The van der Waals surface area contributed by atoms with Crippen LogP contribution >= 0.6 is 0 Å². The molecule has 0 N–H and O–H groups in total. The van der Waals surface area contributed by atoms with Crippen molar-refractivity contribution in [3.8, 4) is 11.5 Å². The first-order valence-electron chi connectivity index (χ1n) is 7.38. The summed E-state index contributed by atoms with van der Waals surface area (Å²) in [6.07, 6.45) is 3.79. The molecule has 0 fully saturated rings. The summed E-state index contributed by atoms with van der Waals surface area (Å²) < 4.78 is 4.20. The highest BCUT2D eigenvalue weighted by Crippen LogP contribution is 2.24. The zero-order valence-corrected chi connectivity index (χ0v) is 12.0. The van der Waals surface area contributed by atoms with Crippen molar-refractivity contribution in [1.29, 1.82) is 0 Å². The molecular weight excluding hydrogens is 262 g/mol. The van der Waals surface area contributed by atoms with Gasteiger partial charge in [0, 0.05) is 19.2 Å². The second kappa shape index (κ2) is 4.84. The largest absolute Gasteiger partial charge is 0.305 e. The van der Waals surface area contributed by atoms with E-state index in [-0.39, 0.29) is 0 Å². The number of nitrogens with zero attached hydrogens (tertiary/aromatic N) is 5. The van der Waals surface area contributed by atoms with Crippen molar-refractivity contribution in [1.82, 2.24) is 24.5 Å². The minimum Gasteiger partial charge on any atom is -0.305 e. The Labute approximate surface area is 123 Å². The monoisotopic (exact) mass is 279 g/mol. The maximum atomic E-state index is 4.42. The van der Waals surface area contributed by atoms with E-state index < -0.39 is 0 Å². The van der Waals surface area contributed by atoms with E-state index >= 15 is 0 Å². The molecule has 0 saturated carbocycles. The summed E-state index contributed by atoms with van der Waals surface area (Å²) >= 11 is 0. The number of rotatable bonds is 2. The van der Waals surface area contributed by atoms with Gasteiger partial charge in [-0.1, -0.05) is 24.3 Å². The highest BCUT2D eigenvalue weighted by molar-refractivity contribution is 5.50. The lowest BCUT2D eigenvalue weighted by atomic mass is 10.0. The highest BCUT2D eigenvalue weighted by atomic mass is 15.3. The fourth-order valence-corrected chi connectivity index (χ4v) is 3.02. The van der Waals surface area contributed by atoms with Gasteiger partial charge in [-0.15, -0.1) is 10.2 Å². The quantitative estimate of drug-likeness (QED) is 0.723. The van der Waals surface area contributed by atoms with Crippen LogP contribution in [0.4, 0.5) is 0 Å². The number of benzene rings is 1. The molecule has 5 heteroatoms. The molecule has 21 heavy (non-hydrogen) atoms. The third kappa shape index (κ3) is 1.96. The van der Waals surface area contributed by atoms with Crippen molar-refractivity contribution in [2.45, 2.75) is 32.9 Å². The van der Waals surface area contributed by atoms with E-state index in [1.165, 1.54) is 11.1 Å². The number of aryl methyl sites for hydroxylation is 3. The van der Waals surface area contributed by atoms with Crippen LogP contribution in [0.2, 0.25) is 0 Å². The Kier molecular flexibility index (Phi) is 2.84. The van der Waals surface area contributed by atoms with Crippen LogP contribution < -0.4 is 0 Å². The molecule has 1 aromatic carbocycles. The van der Waals surface area contributed by atoms with Gasteiger partial charge in [-0.05, 0) is 30.5 Å². The number of hydrogen-bond donors (Lipinski definition) is 0. The summed E-state index contributed by atoms with van der Waals surface area (Å²) in [7, 11) is 0. The lowest BCUT2D eigenvalue weighted by molar-refractivity contribution is 0.656. The fraction of sp³-hybridized carbons (Fsp3) is 0.312. The van der Waals surface area contributed by atoms with Crippen LogP contribution in [0.1, 0.15) is 23.9 Å². The summed E-state index contributed by atoms with van der Waals surface area (Å²) in [5.74, 6) is 1.98. The topological polar surface area (TPSA) is 48.5 Å². The minimum absolute atomic E-state index is 0.834. The summed E-state index contributed by atoms with van der Waals surface area (Å²) in [6.45, 7) is 3.76. The molecule has 106 valence electrons. The molecule has 0 aliphatic carbocycles. The van der Waals surface area contributed by atoms with Gasteiger partial charge >= 0.3 is 0 Å². The zero-order valence-electron chi connectivity index (χ0n) is 12.0. The number of hydrogen-bond acceptors (Lipinski definition) is 3. The third-order valence-corrected chi connectivity index (χ3v) is 4.14. The Bertz CT molecular complexity index is 784. The first kappa shape index (κ1) is 12.3. The molecule has 0 bridgehead atoms. The van der Waals surface area contributed by atoms with Gasteiger partial charge in [0.15, 0.2) is 5.82 Å². The van der Waals surface area contributed by atoms with E-state index in [2.05, 4.69) is 51.1 Å². The van der Waals surface area contributed by atoms with E-state index in [9.17, 15) is 0 Å². The van der Waals surface area contributed by atoms with Crippen LogP contribution in [0.3, 0.4) is 0 Å². The Morgan fingerprint density at radius 2 is 1.90 bits per heavy atom. The summed E-state index contributed by atoms with van der Waals surface area (Å²) in [5.41, 5.74) is 3.81. The van der Waals surface area contributed by atoms with Crippen LogP contribution in [0.15, 0.2) is 36.5 Å². The lowest BCUT2D eigenvalue weighted by Gasteiger charge is -2.10. The average molecular weight is 279 g/mol. The molecule has 5 nitrogen and oxygen atoms in total. The number of fused-ring (bicyclic) bond motifs is 2. The van der Waals surface area contributed by atoms with Crippen LogP contribution in [0.5, 0.6) is 0 Å². The SMILES string of the molecule is CCn1nccc1-c1nnc2n1Cc1ccccc1CC2. The van der Waals surface area contributed by atoms with Gasteiger partial charge < -0.3 is 4.57 Å². The zero-order chi connectivity index (χ0) is 14.2. The molecule has 0 saturated heterocycles. The van der Waals surface area contributed by atoms with Crippen molar-refractivity contribution < 1.29 is 0 Å². The molecule has 0 amide bonds. The maximum absolute atomic E-state index is 4.42. The van der Waals surface area contributed by atoms with Crippen molar-refractivity contribution in [3.63, 3.8) is 0 Å². The molecule has 4 rings (SSSR count). The summed E-state index contributed by atoms with van der Waals surface area (Å²) in [6, 6.07) is 10.6. The smallest absolute Gasteiger partial charge is 0.182 e. The van der Waals surface area contributed by atoms with Crippen LogP contribution in [-0.4, -0.2) is 24.5 Å². The van der Waals surface area contributed by atoms with Gasteiger partial charge in [0.2, 0.25) is 0 Å². The molecule has 1 aliphatic heterocycles. The molecular formula is C16H17N5. The average Bonchev–Trinajstić information content (AvgIpc) is 3.08. The summed E-state index contributed by atoms with van der Waals surface area (Å²) in [4.78, 5) is 0. The van der Waals surface area contributed by atoms with Gasteiger partial charge in [-0.3, -0.25) is 4.68 Å². The Morgan fingerprint density at radius 3 is 2.76 bits per heavy atom. The van der Waals surface area contributed by atoms with Crippen molar-refractivity contribution in [2.75, 3.05) is 0 Å². The van der Waals surface area contributed by atoms with E-state index in [1.54, 1.807) is 0 Å². The number of aromatic nitrogens is 5. The molecule has 0 spiro atoms. The first-order chi connectivity index (χ1) is 10.4. The van der Waals surface area contributed by atoms with Crippen molar-refractivity contribution >= 4 is 0 Å². The van der Waals surface area contributed by atoms with E-state index in [1.807, 2.05) is 16.9 Å². The van der Waals surface area contributed by atoms with Gasteiger partial charge in [-0.25, -0.2) is 0 Å². The highest BCUT2D eigenvalue weighted by Gasteiger charge is 2.20. The lowest BCUT2D eigenvalue weighted by Crippen LogP contribution is -2.08. The van der Waals surface area contributed by atoms with E-state index in [4.69, 9.17) is 0 Å². The maximum Gasteiger partial charge on any atom is 0.182 e. The van der Waals surface area contributed by atoms with E-state index in [0.717, 1.165) is 43.3 Å². The molecule has 0 atom stereocenters. The van der Waals surface area contributed by atoms with Crippen LogP contribution in [-0.2, 0) is 25.9 Å². The van der Waals surface area contributed by atoms with Gasteiger partial charge in [-0.2, -0.15) is 5.10 Å². The Hall–Kier alpha value is -2.43. The summed E-state index contributed by atoms with van der Waals surface area (Å²) in [5, 5.41) is 13.2. The van der Waals surface area contributed by atoms with Gasteiger partial charge in [0.25, 0.3) is 0 Å². The standard InChI is InChI=1S/C16H17N5/c1-2-21-14(9-10-17-21)16-19-18-15-8-7-12-5-3-4-6-13(12)11-20(15)16/h3-6,9-10H,2,7-8,11H2,1H3. The predicted octanol–water partition coefficient (Wildman–Crippen LogP) is 2.31. The van der Waals surface area contributed by atoms with Crippen molar-refractivity contribution in [2.24, 2.45) is 0 Å². The van der Waals surface area contributed by atoms with Gasteiger partial charge in [0.1, 0.15) is 11.5 Å². The molecule has 3 aromatic rings. The van der Waals surface area contributed by atoms with Crippen LogP contribution in [0.25, 0.3) is 11.5 Å². The fourth-order valence-electron chi connectivity index (χ4n) is 3.02.